The second-order valence-electron chi connectivity index (χ2n) is 5.06. The van der Waals surface area contributed by atoms with Crippen LogP contribution in [0.1, 0.15) is 27.3 Å². The van der Waals surface area contributed by atoms with Crippen LogP contribution in [0.25, 0.3) is 0 Å². The molecule has 108 valence electrons. The standard InChI is InChI=1S/C15H14N2O3S/c18-14(17-15-16-10-2-1-3-13(10)21-15)9-4-5-11-12(8-9)20-7-6-19-11/h4-5,8H,1-3,6-7H2,(H,16,17,18). The second-order valence-corrected chi connectivity index (χ2v) is 6.14. The van der Waals surface area contributed by atoms with E-state index in [1.165, 1.54) is 11.3 Å². The first-order chi connectivity index (χ1) is 10.3. The number of carbonyl (C=O) groups is 1. The average Bonchev–Trinajstić information content (AvgIpc) is 3.08. The smallest absolute Gasteiger partial charge is 0.257 e. The predicted molar refractivity (Wildman–Crippen MR) is 79.5 cm³/mol. The lowest BCUT2D eigenvalue weighted by molar-refractivity contribution is 0.102. The van der Waals surface area contributed by atoms with Gasteiger partial charge in [-0.15, -0.1) is 11.3 Å². The minimum atomic E-state index is -0.167. The fourth-order valence-corrected chi connectivity index (χ4v) is 3.64. The van der Waals surface area contributed by atoms with E-state index < -0.39 is 0 Å². The first-order valence-electron chi connectivity index (χ1n) is 6.99. The number of hydrogen-bond acceptors (Lipinski definition) is 5. The van der Waals surface area contributed by atoms with Crippen LogP contribution < -0.4 is 14.8 Å². The largest absolute Gasteiger partial charge is 0.486 e. The van der Waals surface area contributed by atoms with Crippen LogP contribution in [0.2, 0.25) is 0 Å². The molecule has 2 aliphatic rings. The maximum Gasteiger partial charge on any atom is 0.257 e. The highest BCUT2D eigenvalue weighted by molar-refractivity contribution is 7.15. The number of nitrogens with zero attached hydrogens (tertiary/aromatic N) is 1. The van der Waals surface area contributed by atoms with Gasteiger partial charge in [0.2, 0.25) is 0 Å². The van der Waals surface area contributed by atoms with Crippen LogP contribution in [0.3, 0.4) is 0 Å². The van der Waals surface area contributed by atoms with Crippen molar-refractivity contribution in [3.8, 4) is 11.5 Å². The van der Waals surface area contributed by atoms with Crippen LogP contribution in [0, 0.1) is 0 Å². The van der Waals surface area contributed by atoms with E-state index in [0.717, 1.165) is 18.5 Å². The van der Waals surface area contributed by atoms with Crippen molar-refractivity contribution in [3.63, 3.8) is 0 Å². The van der Waals surface area contributed by atoms with Crippen LogP contribution >= 0.6 is 11.3 Å². The first-order valence-corrected chi connectivity index (χ1v) is 7.81. The van der Waals surface area contributed by atoms with E-state index in [4.69, 9.17) is 9.47 Å². The van der Waals surface area contributed by atoms with Gasteiger partial charge in [0.25, 0.3) is 5.91 Å². The van der Waals surface area contributed by atoms with Gasteiger partial charge in [-0.05, 0) is 37.5 Å². The number of ether oxygens (including phenoxy) is 2. The third-order valence-electron chi connectivity index (χ3n) is 3.62. The number of amides is 1. The molecule has 1 N–H and O–H groups in total. The summed E-state index contributed by atoms with van der Waals surface area (Å²) in [4.78, 5) is 18.1. The highest BCUT2D eigenvalue weighted by Gasteiger charge is 2.19. The molecule has 0 saturated heterocycles. The molecule has 0 saturated carbocycles. The number of aromatic nitrogens is 1. The van der Waals surface area contributed by atoms with Crippen LogP contribution in [0.5, 0.6) is 11.5 Å². The molecular formula is C15H14N2O3S. The van der Waals surface area contributed by atoms with Crippen LogP contribution in [-0.2, 0) is 12.8 Å². The van der Waals surface area contributed by atoms with Crippen molar-refractivity contribution in [1.82, 2.24) is 4.98 Å². The number of benzene rings is 1. The lowest BCUT2D eigenvalue weighted by atomic mass is 10.2. The molecule has 0 atom stereocenters. The Morgan fingerprint density at radius 3 is 2.90 bits per heavy atom. The molecule has 2 aromatic rings. The number of anilines is 1. The molecule has 5 nitrogen and oxygen atoms in total. The Labute approximate surface area is 125 Å². The number of hydrogen-bond donors (Lipinski definition) is 1. The van der Waals surface area contributed by atoms with Gasteiger partial charge >= 0.3 is 0 Å². The SMILES string of the molecule is O=C(Nc1nc2c(s1)CCC2)c1ccc2c(c1)OCCO2. The first kappa shape index (κ1) is 12.6. The fraction of sp³-hybridized carbons (Fsp3) is 0.333. The number of fused-ring (bicyclic) bond motifs is 2. The minimum absolute atomic E-state index is 0.167. The Morgan fingerprint density at radius 2 is 2.05 bits per heavy atom. The van der Waals surface area contributed by atoms with E-state index >= 15 is 0 Å². The predicted octanol–water partition coefficient (Wildman–Crippen LogP) is 2.66. The molecule has 0 spiro atoms. The Balaban J connectivity index is 1.54. The average molecular weight is 302 g/mol. The zero-order valence-corrected chi connectivity index (χ0v) is 12.2. The van der Waals surface area contributed by atoms with E-state index in [2.05, 4.69) is 10.3 Å². The van der Waals surface area contributed by atoms with Crippen molar-refractivity contribution in [2.24, 2.45) is 0 Å². The van der Waals surface area contributed by atoms with Crippen molar-refractivity contribution < 1.29 is 14.3 Å². The van der Waals surface area contributed by atoms with Gasteiger partial charge in [0.15, 0.2) is 16.6 Å². The van der Waals surface area contributed by atoms with Gasteiger partial charge < -0.3 is 9.47 Å². The minimum Gasteiger partial charge on any atom is -0.486 e. The molecule has 1 aliphatic heterocycles. The van der Waals surface area contributed by atoms with Gasteiger partial charge in [-0.25, -0.2) is 4.98 Å². The van der Waals surface area contributed by atoms with Crippen molar-refractivity contribution in [3.05, 3.63) is 34.3 Å². The topological polar surface area (TPSA) is 60.5 Å². The summed E-state index contributed by atoms with van der Waals surface area (Å²) in [5, 5.41) is 3.55. The van der Waals surface area contributed by atoms with Crippen molar-refractivity contribution >= 4 is 22.4 Å². The Kier molecular flexibility index (Phi) is 3.03. The van der Waals surface area contributed by atoms with Gasteiger partial charge in [-0.3, -0.25) is 10.1 Å². The molecule has 1 aromatic heterocycles. The maximum absolute atomic E-state index is 12.3. The third-order valence-corrected chi connectivity index (χ3v) is 4.69. The van der Waals surface area contributed by atoms with Gasteiger partial charge in [-0.2, -0.15) is 0 Å². The molecule has 6 heteroatoms. The summed E-state index contributed by atoms with van der Waals surface area (Å²) in [6, 6.07) is 5.22. The normalized spacial score (nSPS) is 15.6. The second kappa shape index (κ2) is 5.04. The van der Waals surface area contributed by atoms with Gasteiger partial charge in [0.1, 0.15) is 13.2 Å². The summed E-state index contributed by atoms with van der Waals surface area (Å²) >= 11 is 1.57. The number of rotatable bonds is 2. The quantitative estimate of drug-likeness (QED) is 0.926. The molecule has 0 radical (unpaired) electrons. The van der Waals surface area contributed by atoms with E-state index in [-0.39, 0.29) is 5.91 Å². The number of carbonyl (C=O) groups excluding carboxylic acids is 1. The molecule has 1 aromatic carbocycles. The molecule has 0 bridgehead atoms. The van der Waals surface area contributed by atoms with Crippen LogP contribution in [0.15, 0.2) is 18.2 Å². The number of nitrogens with one attached hydrogen (secondary N) is 1. The van der Waals surface area contributed by atoms with E-state index in [1.807, 2.05) is 0 Å². The lowest BCUT2D eigenvalue weighted by Crippen LogP contribution is -2.17. The Bertz CT molecular complexity index is 689. The van der Waals surface area contributed by atoms with E-state index in [1.54, 1.807) is 29.5 Å². The van der Waals surface area contributed by atoms with Crippen molar-refractivity contribution in [2.45, 2.75) is 19.3 Å². The van der Waals surface area contributed by atoms with Crippen LogP contribution in [-0.4, -0.2) is 24.1 Å². The highest BCUT2D eigenvalue weighted by atomic mass is 32.1. The molecule has 21 heavy (non-hydrogen) atoms. The summed E-state index contributed by atoms with van der Waals surface area (Å²) in [5.41, 5.74) is 1.69. The number of thiazole rings is 1. The maximum atomic E-state index is 12.3. The van der Waals surface area contributed by atoms with Gasteiger partial charge in [-0.1, -0.05) is 0 Å². The monoisotopic (exact) mass is 302 g/mol. The zero-order chi connectivity index (χ0) is 14.2. The summed E-state index contributed by atoms with van der Waals surface area (Å²) in [6.07, 6.45) is 3.27. The lowest BCUT2D eigenvalue weighted by Gasteiger charge is -2.18. The molecule has 1 amide bonds. The van der Waals surface area contributed by atoms with E-state index in [9.17, 15) is 4.79 Å². The van der Waals surface area contributed by atoms with Gasteiger partial charge in [0.05, 0.1) is 5.69 Å². The van der Waals surface area contributed by atoms with E-state index in [0.29, 0.717) is 35.4 Å². The summed E-state index contributed by atoms with van der Waals surface area (Å²) in [7, 11) is 0. The third kappa shape index (κ3) is 2.35. The van der Waals surface area contributed by atoms with Crippen molar-refractivity contribution in [1.29, 1.82) is 0 Å². The molecule has 0 unspecified atom stereocenters. The molecule has 1 aliphatic carbocycles. The van der Waals surface area contributed by atoms with Gasteiger partial charge in [0, 0.05) is 10.4 Å². The summed E-state index contributed by atoms with van der Waals surface area (Å²) in [5.74, 6) is 1.14. The Hall–Kier alpha value is -2.08. The summed E-state index contributed by atoms with van der Waals surface area (Å²) < 4.78 is 10.9. The van der Waals surface area contributed by atoms with Crippen LogP contribution in [0.4, 0.5) is 5.13 Å². The Morgan fingerprint density at radius 1 is 1.19 bits per heavy atom. The highest BCUT2D eigenvalue weighted by Crippen LogP contribution is 2.32. The van der Waals surface area contributed by atoms with Crippen molar-refractivity contribution in [2.75, 3.05) is 18.5 Å². The fourth-order valence-electron chi connectivity index (χ4n) is 2.60. The molecule has 2 heterocycles. The number of aryl methyl sites for hydroxylation is 2. The molecule has 0 fully saturated rings. The summed E-state index contributed by atoms with van der Waals surface area (Å²) in [6.45, 7) is 1.06. The molecular weight excluding hydrogens is 288 g/mol. The molecule has 4 rings (SSSR count). The zero-order valence-electron chi connectivity index (χ0n) is 11.3.